The van der Waals surface area contributed by atoms with E-state index in [-0.39, 0.29) is 23.2 Å². The minimum atomic E-state index is -0.719. The molecule has 2 rings (SSSR count). The first kappa shape index (κ1) is 27.5. The fourth-order valence-corrected chi connectivity index (χ4v) is 2.89. The number of carbonyl (C=O) groups is 2. The Balaban J connectivity index is 0.000000340. The van der Waals surface area contributed by atoms with Crippen LogP contribution in [0.1, 0.15) is 38.3 Å². The molecule has 0 saturated carbocycles. The highest BCUT2D eigenvalue weighted by atomic mass is 16.6. The van der Waals surface area contributed by atoms with Gasteiger partial charge in [0.15, 0.2) is 5.75 Å². The van der Waals surface area contributed by atoms with Crippen molar-refractivity contribution in [2.75, 3.05) is 14.2 Å². The Kier molecular flexibility index (Phi) is 10.6. The fourth-order valence-electron chi connectivity index (χ4n) is 2.89. The Labute approximate surface area is 195 Å². The van der Waals surface area contributed by atoms with Crippen LogP contribution in [0.5, 0.6) is 5.75 Å². The van der Waals surface area contributed by atoms with Gasteiger partial charge >= 0.3 is 17.6 Å². The average molecular weight is 472 g/mol. The SMILES string of the molecule is C=CCCc1cc(C(=O)OC)ccc1[N+](=O)[O-].C=CCc1c(C(=O)OC)ccc([N+](=O)[O-])c1O. The fraction of sp³-hybridized carbons (Fsp3) is 0.217. The van der Waals surface area contributed by atoms with Gasteiger partial charge in [-0.3, -0.25) is 20.2 Å². The van der Waals surface area contributed by atoms with E-state index in [4.69, 9.17) is 0 Å². The maximum absolute atomic E-state index is 11.4. The number of nitrogens with zero attached hydrogens (tertiary/aromatic N) is 2. The Morgan fingerprint density at radius 3 is 2.06 bits per heavy atom. The molecular weight excluding hydrogens is 448 g/mol. The van der Waals surface area contributed by atoms with Crippen LogP contribution in [-0.4, -0.2) is 41.1 Å². The van der Waals surface area contributed by atoms with Gasteiger partial charge in [0.2, 0.25) is 0 Å². The second-order valence-corrected chi connectivity index (χ2v) is 6.62. The summed E-state index contributed by atoms with van der Waals surface area (Å²) in [5.41, 5.74) is 0.625. The van der Waals surface area contributed by atoms with Crippen LogP contribution in [-0.2, 0) is 22.3 Å². The molecule has 0 atom stereocenters. The molecule has 180 valence electrons. The van der Waals surface area contributed by atoms with Crippen LogP contribution < -0.4 is 0 Å². The molecule has 11 nitrogen and oxygen atoms in total. The van der Waals surface area contributed by atoms with Crippen molar-refractivity contribution in [1.29, 1.82) is 0 Å². The van der Waals surface area contributed by atoms with Crippen molar-refractivity contribution in [2.24, 2.45) is 0 Å². The number of ether oxygens (including phenoxy) is 2. The van der Waals surface area contributed by atoms with E-state index in [2.05, 4.69) is 22.6 Å². The minimum absolute atomic E-state index is 0.0134. The summed E-state index contributed by atoms with van der Waals surface area (Å²) >= 11 is 0. The van der Waals surface area contributed by atoms with Gasteiger partial charge in [0.25, 0.3) is 5.69 Å². The summed E-state index contributed by atoms with van der Waals surface area (Å²) in [6.45, 7) is 7.03. The molecule has 0 aliphatic carbocycles. The van der Waals surface area contributed by atoms with E-state index in [0.717, 1.165) is 6.07 Å². The number of aromatic hydroxyl groups is 1. The quantitative estimate of drug-likeness (QED) is 0.243. The van der Waals surface area contributed by atoms with Crippen LogP contribution in [0.4, 0.5) is 11.4 Å². The minimum Gasteiger partial charge on any atom is -0.502 e. The lowest BCUT2D eigenvalue weighted by Crippen LogP contribution is -2.06. The number of aryl methyl sites for hydroxylation is 1. The second-order valence-electron chi connectivity index (χ2n) is 6.62. The number of rotatable bonds is 9. The van der Waals surface area contributed by atoms with Crippen molar-refractivity contribution in [1.82, 2.24) is 0 Å². The Hall–Kier alpha value is -4.54. The average Bonchev–Trinajstić information content (AvgIpc) is 2.82. The molecule has 0 heterocycles. The van der Waals surface area contributed by atoms with Crippen molar-refractivity contribution in [2.45, 2.75) is 19.3 Å². The molecule has 0 radical (unpaired) electrons. The van der Waals surface area contributed by atoms with E-state index in [9.17, 15) is 34.9 Å². The van der Waals surface area contributed by atoms with Crippen molar-refractivity contribution in [3.63, 3.8) is 0 Å². The molecule has 0 bridgehead atoms. The molecule has 0 aliphatic heterocycles. The zero-order chi connectivity index (χ0) is 25.8. The smallest absolute Gasteiger partial charge is 0.338 e. The highest BCUT2D eigenvalue weighted by Crippen LogP contribution is 2.33. The van der Waals surface area contributed by atoms with Crippen molar-refractivity contribution in [3.8, 4) is 5.75 Å². The van der Waals surface area contributed by atoms with E-state index in [0.29, 0.717) is 24.0 Å². The third kappa shape index (κ3) is 6.99. The number of carbonyl (C=O) groups excluding carboxylic acids is 2. The van der Waals surface area contributed by atoms with E-state index in [1.807, 2.05) is 0 Å². The molecule has 2 aromatic carbocycles. The third-order valence-corrected chi connectivity index (χ3v) is 4.53. The lowest BCUT2D eigenvalue weighted by Gasteiger charge is -2.08. The van der Waals surface area contributed by atoms with Crippen molar-refractivity contribution in [3.05, 3.63) is 98.1 Å². The number of phenolic OH excluding ortho intramolecular Hbond substituents is 1. The summed E-state index contributed by atoms with van der Waals surface area (Å²) in [6, 6.07) is 6.52. The number of hydrogen-bond donors (Lipinski definition) is 1. The topological polar surface area (TPSA) is 159 Å². The maximum Gasteiger partial charge on any atom is 0.338 e. The largest absolute Gasteiger partial charge is 0.502 e. The molecule has 0 fully saturated rings. The summed E-state index contributed by atoms with van der Waals surface area (Å²) in [7, 11) is 2.46. The Morgan fingerprint density at radius 1 is 0.971 bits per heavy atom. The first-order valence-electron chi connectivity index (χ1n) is 9.77. The van der Waals surface area contributed by atoms with Gasteiger partial charge in [-0.1, -0.05) is 12.2 Å². The van der Waals surface area contributed by atoms with Gasteiger partial charge in [-0.15, -0.1) is 13.2 Å². The van der Waals surface area contributed by atoms with Gasteiger partial charge in [-0.05, 0) is 37.5 Å². The van der Waals surface area contributed by atoms with Crippen LogP contribution in [0.2, 0.25) is 0 Å². The predicted octanol–water partition coefficient (Wildman–Crippen LogP) is 4.32. The van der Waals surface area contributed by atoms with E-state index < -0.39 is 33.2 Å². The standard InChI is InChI=1S/C12H13NO4.C11H11NO5/c1-3-4-5-9-8-10(12(14)17-2)6-7-11(9)13(15)16;1-3-4-7-8(11(14)17-2)5-6-9(10(7)13)12(15)16/h3,6-8H,1,4-5H2,2H3;3,5-6,13H,1,4H2,2H3. The zero-order valence-corrected chi connectivity index (χ0v) is 18.7. The first-order valence-corrected chi connectivity index (χ1v) is 9.77. The molecule has 0 aromatic heterocycles. The maximum atomic E-state index is 11.4. The zero-order valence-electron chi connectivity index (χ0n) is 18.7. The number of esters is 2. The number of nitro benzene ring substituents is 2. The predicted molar refractivity (Wildman–Crippen MR) is 123 cm³/mol. The lowest BCUT2D eigenvalue weighted by atomic mass is 10.0. The van der Waals surface area contributed by atoms with Crippen LogP contribution >= 0.6 is 0 Å². The van der Waals surface area contributed by atoms with Crippen molar-refractivity contribution >= 4 is 23.3 Å². The Morgan fingerprint density at radius 2 is 1.56 bits per heavy atom. The summed E-state index contributed by atoms with van der Waals surface area (Å²) in [4.78, 5) is 43.0. The summed E-state index contributed by atoms with van der Waals surface area (Å²) < 4.78 is 9.09. The normalized spacial score (nSPS) is 9.71. The van der Waals surface area contributed by atoms with E-state index in [1.165, 1.54) is 44.6 Å². The number of phenols is 1. The molecule has 11 heteroatoms. The van der Waals surface area contributed by atoms with Gasteiger partial charge in [-0.2, -0.15) is 0 Å². The first-order chi connectivity index (χ1) is 16.1. The van der Waals surface area contributed by atoms with Gasteiger partial charge in [-0.25, -0.2) is 9.59 Å². The van der Waals surface area contributed by atoms with E-state index in [1.54, 1.807) is 6.08 Å². The monoisotopic (exact) mass is 472 g/mol. The molecular formula is C23H24N2O9. The van der Waals surface area contributed by atoms with Gasteiger partial charge in [0, 0.05) is 23.3 Å². The number of nitro groups is 2. The van der Waals surface area contributed by atoms with Crippen LogP contribution in [0.3, 0.4) is 0 Å². The molecule has 2 aromatic rings. The Bertz CT molecular complexity index is 1110. The van der Waals surface area contributed by atoms with Crippen molar-refractivity contribution < 1.29 is 34.0 Å². The molecule has 0 amide bonds. The third-order valence-electron chi connectivity index (χ3n) is 4.53. The highest BCUT2D eigenvalue weighted by Gasteiger charge is 2.23. The number of allylic oxidation sites excluding steroid dienone is 2. The van der Waals surface area contributed by atoms with E-state index >= 15 is 0 Å². The van der Waals surface area contributed by atoms with Gasteiger partial charge < -0.3 is 14.6 Å². The van der Waals surface area contributed by atoms with Gasteiger partial charge in [0.1, 0.15) is 0 Å². The summed E-state index contributed by atoms with van der Waals surface area (Å²) in [5.74, 6) is -1.69. The molecule has 0 spiro atoms. The van der Waals surface area contributed by atoms with Gasteiger partial charge in [0.05, 0.1) is 35.2 Å². The molecule has 0 unspecified atom stereocenters. The summed E-state index contributed by atoms with van der Waals surface area (Å²) in [5, 5.41) is 31.1. The number of methoxy groups -OCH3 is 2. The van der Waals surface area contributed by atoms with Crippen LogP contribution in [0.15, 0.2) is 55.6 Å². The number of benzene rings is 2. The molecule has 0 saturated heterocycles. The molecule has 34 heavy (non-hydrogen) atoms. The summed E-state index contributed by atoms with van der Waals surface area (Å²) in [6.07, 6.45) is 4.34. The molecule has 0 aliphatic rings. The van der Waals surface area contributed by atoms with Crippen LogP contribution in [0, 0.1) is 20.2 Å². The molecule has 1 N–H and O–H groups in total. The number of hydrogen-bond acceptors (Lipinski definition) is 9. The lowest BCUT2D eigenvalue weighted by molar-refractivity contribution is -0.386. The second kappa shape index (κ2) is 13.1. The van der Waals surface area contributed by atoms with Crippen LogP contribution in [0.25, 0.3) is 0 Å². The highest BCUT2D eigenvalue weighted by molar-refractivity contribution is 5.92.